The van der Waals surface area contributed by atoms with E-state index in [0.717, 1.165) is 16.7 Å². The predicted molar refractivity (Wildman–Crippen MR) is 132 cm³/mol. The maximum atomic E-state index is 13.1. The first kappa shape index (κ1) is 22.7. The second-order valence-electron chi connectivity index (χ2n) is 7.83. The standard InChI is InChI=1S/C27H20N2O4.CH4/c1-15-7-3-4-8-17(15)19-13-16(11-12-21(19)31-2)23-20(14-28)26(29)33-25-18-9-5-6-10-22(18)32-27(30)24(23)25;/h3-13,23H,29H2,1-2H3;1H4. The number of nitrogens with zero attached hydrogens (tertiary/aromatic N) is 1. The largest absolute Gasteiger partial charge is 0.496 e. The second kappa shape index (κ2) is 8.80. The molecule has 2 N–H and O–H groups in total. The summed E-state index contributed by atoms with van der Waals surface area (Å²) in [5.41, 5.74) is 10.0. The quantitative estimate of drug-likeness (QED) is 0.405. The summed E-state index contributed by atoms with van der Waals surface area (Å²) in [4.78, 5) is 13.1. The predicted octanol–water partition coefficient (Wildman–Crippen LogP) is 5.63. The lowest BCUT2D eigenvalue weighted by Crippen LogP contribution is -2.26. The molecule has 2 heterocycles. The van der Waals surface area contributed by atoms with Gasteiger partial charge in [-0.1, -0.05) is 49.9 Å². The molecule has 0 spiro atoms. The topological polar surface area (TPSA) is 98.5 Å². The van der Waals surface area contributed by atoms with Gasteiger partial charge in [0.25, 0.3) is 0 Å². The van der Waals surface area contributed by atoms with Crippen LogP contribution in [0.25, 0.3) is 22.1 Å². The van der Waals surface area contributed by atoms with E-state index in [1.807, 2.05) is 55.5 Å². The number of fused-ring (bicyclic) bond motifs is 3. The maximum Gasteiger partial charge on any atom is 0.344 e. The number of benzene rings is 3. The Morgan fingerprint density at radius 2 is 1.76 bits per heavy atom. The fourth-order valence-corrected chi connectivity index (χ4v) is 4.39. The number of nitriles is 1. The number of allylic oxidation sites excluding steroid dienone is 1. The number of rotatable bonds is 3. The van der Waals surface area contributed by atoms with Crippen LogP contribution in [-0.2, 0) is 0 Å². The molecule has 5 rings (SSSR count). The normalized spacial score (nSPS) is 14.6. The molecule has 1 atom stereocenters. The zero-order valence-electron chi connectivity index (χ0n) is 18.1. The van der Waals surface area contributed by atoms with Crippen molar-refractivity contribution in [1.29, 1.82) is 5.26 Å². The van der Waals surface area contributed by atoms with Crippen LogP contribution in [0.15, 0.2) is 87.4 Å². The van der Waals surface area contributed by atoms with Crippen LogP contribution < -0.4 is 20.8 Å². The number of hydrogen-bond donors (Lipinski definition) is 1. The first-order valence-corrected chi connectivity index (χ1v) is 10.4. The van der Waals surface area contributed by atoms with Crippen LogP contribution in [0.4, 0.5) is 0 Å². The Morgan fingerprint density at radius 1 is 1.03 bits per heavy atom. The van der Waals surface area contributed by atoms with Crippen molar-refractivity contribution in [2.45, 2.75) is 20.3 Å². The molecule has 6 heteroatoms. The molecule has 4 aromatic rings. The molecule has 0 saturated heterocycles. The number of methoxy groups -OCH3 is 1. The summed E-state index contributed by atoms with van der Waals surface area (Å²) in [7, 11) is 1.61. The van der Waals surface area contributed by atoms with Gasteiger partial charge in [-0.15, -0.1) is 0 Å². The maximum absolute atomic E-state index is 13.1. The smallest absolute Gasteiger partial charge is 0.344 e. The highest BCUT2D eigenvalue weighted by atomic mass is 16.5. The van der Waals surface area contributed by atoms with E-state index in [0.29, 0.717) is 28.0 Å². The SMILES string of the molecule is C.COc1ccc(C2C(C#N)=C(N)Oc3c2c(=O)oc2ccccc32)cc1-c1ccccc1C. The van der Waals surface area contributed by atoms with E-state index in [1.165, 1.54) is 0 Å². The van der Waals surface area contributed by atoms with E-state index < -0.39 is 11.5 Å². The van der Waals surface area contributed by atoms with Crippen molar-refractivity contribution in [2.24, 2.45) is 5.73 Å². The molecule has 1 unspecified atom stereocenters. The van der Waals surface area contributed by atoms with E-state index in [4.69, 9.17) is 19.6 Å². The van der Waals surface area contributed by atoms with Crippen molar-refractivity contribution < 1.29 is 13.9 Å². The van der Waals surface area contributed by atoms with Crippen molar-refractivity contribution in [3.8, 4) is 28.7 Å². The van der Waals surface area contributed by atoms with Gasteiger partial charge in [-0.3, -0.25) is 0 Å². The molecule has 1 aromatic heterocycles. The van der Waals surface area contributed by atoms with E-state index in [1.54, 1.807) is 25.3 Å². The number of para-hydroxylation sites is 1. The van der Waals surface area contributed by atoms with Gasteiger partial charge in [-0.05, 0) is 47.9 Å². The highest BCUT2D eigenvalue weighted by molar-refractivity contribution is 5.86. The van der Waals surface area contributed by atoms with Crippen LogP contribution in [0.2, 0.25) is 0 Å². The third kappa shape index (κ3) is 3.48. The Morgan fingerprint density at radius 3 is 2.50 bits per heavy atom. The van der Waals surface area contributed by atoms with E-state index >= 15 is 0 Å². The summed E-state index contributed by atoms with van der Waals surface area (Å²) in [6, 6.07) is 22.8. The molecule has 34 heavy (non-hydrogen) atoms. The summed E-state index contributed by atoms with van der Waals surface area (Å²) < 4.78 is 17.0. The number of hydrogen-bond acceptors (Lipinski definition) is 6. The molecule has 0 saturated carbocycles. The van der Waals surface area contributed by atoms with Gasteiger partial charge in [-0.2, -0.15) is 5.26 Å². The van der Waals surface area contributed by atoms with Crippen LogP contribution in [-0.4, -0.2) is 7.11 Å². The molecule has 0 bridgehead atoms. The molecular formula is C28H24N2O4. The summed E-state index contributed by atoms with van der Waals surface area (Å²) in [6.07, 6.45) is 0. The highest BCUT2D eigenvalue weighted by Gasteiger charge is 2.35. The molecule has 0 radical (unpaired) electrons. The molecular weight excluding hydrogens is 428 g/mol. The Kier molecular flexibility index (Phi) is 5.87. The first-order valence-electron chi connectivity index (χ1n) is 10.4. The zero-order chi connectivity index (χ0) is 23.1. The third-order valence-corrected chi connectivity index (χ3v) is 5.97. The number of aryl methyl sites for hydroxylation is 1. The molecule has 170 valence electrons. The lowest BCUT2D eigenvalue weighted by molar-refractivity contribution is 0.388. The van der Waals surface area contributed by atoms with Gasteiger partial charge in [0.15, 0.2) is 5.75 Å². The van der Waals surface area contributed by atoms with Gasteiger partial charge in [-0.25, -0.2) is 4.79 Å². The van der Waals surface area contributed by atoms with Crippen LogP contribution in [0.1, 0.15) is 30.0 Å². The Bertz CT molecular complexity index is 1540. The van der Waals surface area contributed by atoms with Gasteiger partial charge in [0.05, 0.1) is 24.0 Å². The van der Waals surface area contributed by atoms with Gasteiger partial charge in [0.1, 0.15) is 23.0 Å². The van der Waals surface area contributed by atoms with Crippen LogP contribution >= 0.6 is 0 Å². The van der Waals surface area contributed by atoms with Gasteiger partial charge < -0.3 is 19.6 Å². The highest BCUT2D eigenvalue weighted by Crippen LogP contribution is 2.45. The molecule has 6 nitrogen and oxygen atoms in total. The Labute approximate surface area is 197 Å². The third-order valence-electron chi connectivity index (χ3n) is 5.97. The van der Waals surface area contributed by atoms with Crippen LogP contribution in [0, 0.1) is 18.3 Å². The fraction of sp³-hybridized carbons (Fsp3) is 0.143. The average Bonchev–Trinajstić information content (AvgIpc) is 2.83. The van der Waals surface area contributed by atoms with E-state index in [2.05, 4.69) is 6.07 Å². The minimum absolute atomic E-state index is 0. The van der Waals surface area contributed by atoms with Crippen molar-refractivity contribution in [1.82, 2.24) is 0 Å². The Hall–Kier alpha value is -4.50. The summed E-state index contributed by atoms with van der Waals surface area (Å²) in [5, 5.41) is 10.5. The fourth-order valence-electron chi connectivity index (χ4n) is 4.39. The lowest BCUT2D eigenvalue weighted by atomic mass is 9.82. The van der Waals surface area contributed by atoms with Gasteiger partial charge in [0.2, 0.25) is 5.88 Å². The zero-order valence-corrected chi connectivity index (χ0v) is 18.1. The van der Waals surface area contributed by atoms with Crippen molar-refractivity contribution >= 4 is 11.0 Å². The summed E-state index contributed by atoms with van der Waals surface area (Å²) in [6.45, 7) is 2.02. The minimum atomic E-state index is -0.742. The van der Waals surface area contributed by atoms with Crippen molar-refractivity contribution in [2.75, 3.05) is 7.11 Å². The average molecular weight is 453 g/mol. The molecule has 1 aliphatic heterocycles. The summed E-state index contributed by atoms with van der Waals surface area (Å²) in [5.74, 6) is 0.227. The van der Waals surface area contributed by atoms with Crippen molar-refractivity contribution in [3.05, 3.63) is 105 Å². The van der Waals surface area contributed by atoms with Crippen LogP contribution in [0.3, 0.4) is 0 Å². The number of ether oxygens (including phenoxy) is 2. The monoisotopic (exact) mass is 452 g/mol. The molecule has 0 amide bonds. The van der Waals surface area contributed by atoms with Gasteiger partial charge >= 0.3 is 5.63 Å². The van der Waals surface area contributed by atoms with E-state index in [-0.39, 0.29) is 24.4 Å². The van der Waals surface area contributed by atoms with Gasteiger partial charge in [0, 0.05) is 5.56 Å². The molecule has 0 fully saturated rings. The Balaban J connectivity index is 0.00000274. The minimum Gasteiger partial charge on any atom is -0.496 e. The second-order valence-corrected chi connectivity index (χ2v) is 7.83. The van der Waals surface area contributed by atoms with Crippen LogP contribution in [0.5, 0.6) is 11.5 Å². The molecule has 1 aliphatic rings. The van der Waals surface area contributed by atoms with E-state index in [9.17, 15) is 10.1 Å². The lowest BCUT2D eigenvalue weighted by Gasteiger charge is -2.26. The summed E-state index contributed by atoms with van der Waals surface area (Å²) >= 11 is 0. The molecule has 0 aliphatic carbocycles. The molecule has 3 aromatic carbocycles. The number of nitrogens with two attached hydrogens (primary N) is 1. The van der Waals surface area contributed by atoms with Crippen molar-refractivity contribution in [3.63, 3.8) is 0 Å². The first-order chi connectivity index (χ1) is 16.0.